The molecule has 0 unspecified atom stereocenters. The molecular formula is C15H26N2S2. The van der Waals surface area contributed by atoms with Crippen LogP contribution in [0.4, 0.5) is 0 Å². The minimum absolute atomic E-state index is 0.322. The second-order valence-electron chi connectivity index (χ2n) is 6.28. The Bertz CT molecular complexity index is 403. The van der Waals surface area contributed by atoms with E-state index in [-0.39, 0.29) is 0 Å². The van der Waals surface area contributed by atoms with Crippen molar-refractivity contribution in [1.29, 1.82) is 0 Å². The highest BCUT2D eigenvalue weighted by atomic mass is 32.2. The molecule has 4 heteroatoms. The average molecular weight is 299 g/mol. The fourth-order valence-electron chi connectivity index (χ4n) is 1.87. The van der Waals surface area contributed by atoms with E-state index in [4.69, 9.17) is 4.98 Å². The molecule has 1 aromatic rings. The summed E-state index contributed by atoms with van der Waals surface area (Å²) in [4.78, 5) is 6.33. The molecule has 1 aliphatic rings. The van der Waals surface area contributed by atoms with Crippen LogP contribution in [0.15, 0.2) is 0 Å². The lowest BCUT2D eigenvalue weighted by molar-refractivity contribution is 0.686. The molecule has 0 aromatic carbocycles. The van der Waals surface area contributed by atoms with Crippen molar-refractivity contribution in [2.75, 3.05) is 0 Å². The van der Waals surface area contributed by atoms with Gasteiger partial charge in [0.25, 0.3) is 0 Å². The quantitative estimate of drug-likeness (QED) is 0.808. The lowest BCUT2D eigenvalue weighted by Gasteiger charge is -2.16. The molecule has 2 nitrogen and oxygen atoms in total. The van der Waals surface area contributed by atoms with Gasteiger partial charge < -0.3 is 5.32 Å². The molecule has 0 atom stereocenters. The Labute approximate surface area is 125 Å². The fourth-order valence-corrected chi connectivity index (χ4v) is 3.77. The molecule has 1 heterocycles. The van der Waals surface area contributed by atoms with Crippen molar-refractivity contribution >= 4 is 23.1 Å². The molecule has 0 radical (unpaired) electrons. The van der Waals surface area contributed by atoms with Crippen molar-refractivity contribution in [2.45, 2.75) is 76.5 Å². The van der Waals surface area contributed by atoms with Crippen LogP contribution in [0, 0.1) is 0 Å². The maximum Gasteiger partial charge on any atom is 0.103 e. The van der Waals surface area contributed by atoms with Gasteiger partial charge in [-0.05, 0) is 19.3 Å². The maximum absolute atomic E-state index is 4.86. The lowest BCUT2D eigenvalue weighted by Crippen LogP contribution is -2.15. The largest absolute Gasteiger partial charge is 0.309 e. The predicted molar refractivity (Wildman–Crippen MR) is 87.0 cm³/mol. The Morgan fingerprint density at radius 3 is 2.68 bits per heavy atom. The van der Waals surface area contributed by atoms with Gasteiger partial charge in [-0.3, -0.25) is 0 Å². The van der Waals surface area contributed by atoms with Crippen molar-refractivity contribution in [3.63, 3.8) is 0 Å². The monoisotopic (exact) mass is 298 g/mol. The first-order chi connectivity index (χ1) is 8.98. The lowest BCUT2D eigenvalue weighted by atomic mass is 10.2. The Kier molecular flexibility index (Phi) is 5.32. The van der Waals surface area contributed by atoms with E-state index in [2.05, 4.69) is 33.0 Å². The first-order valence-corrected chi connectivity index (χ1v) is 9.13. The van der Waals surface area contributed by atoms with Crippen LogP contribution in [0.25, 0.3) is 0 Å². The van der Waals surface area contributed by atoms with Gasteiger partial charge in [-0.25, -0.2) is 4.98 Å². The number of nitrogens with zero attached hydrogens (tertiary/aromatic N) is 1. The van der Waals surface area contributed by atoms with E-state index in [1.54, 1.807) is 0 Å². The van der Waals surface area contributed by atoms with E-state index in [1.807, 2.05) is 23.1 Å². The highest BCUT2D eigenvalue weighted by Gasteiger charge is 2.21. The molecule has 1 fully saturated rings. The summed E-state index contributed by atoms with van der Waals surface area (Å²) in [5, 5.41) is 4.92. The van der Waals surface area contributed by atoms with Crippen molar-refractivity contribution in [1.82, 2.24) is 10.3 Å². The fraction of sp³-hybridized carbons (Fsp3) is 0.800. The molecule has 108 valence electrons. The second-order valence-corrected chi connectivity index (χ2v) is 9.25. The van der Waals surface area contributed by atoms with Crippen LogP contribution < -0.4 is 5.32 Å². The van der Waals surface area contributed by atoms with Crippen LogP contribution in [0.2, 0.25) is 0 Å². The summed E-state index contributed by atoms with van der Waals surface area (Å²) < 4.78 is 0.322. The molecule has 1 aliphatic carbocycles. The van der Waals surface area contributed by atoms with Gasteiger partial charge in [0.05, 0.1) is 5.69 Å². The van der Waals surface area contributed by atoms with Gasteiger partial charge in [0.1, 0.15) is 5.01 Å². The summed E-state index contributed by atoms with van der Waals surface area (Å²) in [5.41, 5.74) is 1.34. The summed E-state index contributed by atoms with van der Waals surface area (Å²) >= 11 is 3.91. The minimum Gasteiger partial charge on any atom is -0.309 e. The molecule has 0 aliphatic heterocycles. The van der Waals surface area contributed by atoms with Gasteiger partial charge in [0, 0.05) is 28.0 Å². The Morgan fingerprint density at radius 1 is 1.37 bits per heavy atom. The summed E-state index contributed by atoms with van der Waals surface area (Å²) in [5.74, 6) is 1.05. The summed E-state index contributed by atoms with van der Waals surface area (Å²) in [6.07, 6.45) is 5.02. The Hall–Kier alpha value is -0.0600. The third kappa shape index (κ3) is 5.44. The zero-order valence-corrected chi connectivity index (χ0v) is 14.2. The molecule has 2 rings (SSSR count). The second kappa shape index (κ2) is 6.59. The highest BCUT2D eigenvalue weighted by molar-refractivity contribution is 7.99. The first kappa shape index (κ1) is 15.3. The SMILES string of the molecule is CCCc1nc(CSC(C)(C)C)sc1CNC1CC1. The van der Waals surface area contributed by atoms with Gasteiger partial charge in [0.15, 0.2) is 0 Å². The zero-order chi connectivity index (χ0) is 13.9. The van der Waals surface area contributed by atoms with Crippen LogP contribution >= 0.6 is 23.1 Å². The minimum atomic E-state index is 0.322. The number of hydrogen-bond donors (Lipinski definition) is 1. The van der Waals surface area contributed by atoms with Gasteiger partial charge in [0.2, 0.25) is 0 Å². The number of hydrogen-bond acceptors (Lipinski definition) is 4. The highest BCUT2D eigenvalue weighted by Crippen LogP contribution is 2.31. The Balaban J connectivity index is 1.96. The molecule has 19 heavy (non-hydrogen) atoms. The molecule has 1 N–H and O–H groups in total. The number of thiazole rings is 1. The van der Waals surface area contributed by atoms with Crippen LogP contribution in [0.3, 0.4) is 0 Å². The maximum atomic E-state index is 4.86. The number of thioether (sulfide) groups is 1. The van der Waals surface area contributed by atoms with E-state index < -0.39 is 0 Å². The van der Waals surface area contributed by atoms with Crippen LogP contribution in [0.1, 0.15) is 62.5 Å². The van der Waals surface area contributed by atoms with E-state index in [0.717, 1.165) is 24.8 Å². The number of nitrogens with one attached hydrogen (secondary N) is 1. The third-order valence-electron chi connectivity index (χ3n) is 3.07. The third-order valence-corrected chi connectivity index (χ3v) is 5.63. The van der Waals surface area contributed by atoms with E-state index in [9.17, 15) is 0 Å². The summed E-state index contributed by atoms with van der Waals surface area (Å²) in [6.45, 7) is 10.1. The van der Waals surface area contributed by atoms with Gasteiger partial charge in [-0.1, -0.05) is 34.1 Å². The molecule has 0 bridgehead atoms. The van der Waals surface area contributed by atoms with Crippen LogP contribution in [-0.2, 0) is 18.7 Å². The molecule has 1 aromatic heterocycles. The van der Waals surface area contributed by atoms with E-state index in [0.29, 0.717) is 4.75 Å². The van der Waals surface area contributed by atoms with E-state index in [1.165, 1.54) is 34.8 Å². The average Bonchev–Trinajstić information content (AvgIpc) is 3.07. The number of aromatic nitrogens is 1. The predicted octanol–water partition coefficient (Wildman–Crippen LogP) is 4.38. The van der Waals surface area contributed by atoms with Gasteiger partial charge in [-0.15, -0.1) is 23.1 Å². The molecule has 0 spiro atoms. The van der Waals surface area contributed by atoms with Gasteiger partial charge >= 0.3 is 0 Å². The van der Waals surface area contributed by atoms with E-state index >= 15 is 0 Å². The normalized spacial score (nSPS) is 16.0. The first-order valence-electron chi connectivity index (χ1n) is 7.32. The number of rotatable bonds is 7. The summed E-state index contributed by atoms with van der Waals surface area (Å²) in [6, 6.07) is 0.781. The van der Waals surface area contributed by atoms with Crippen LogP contribution in [-0.4, -0.2) is 15.8 Å². The number of aryl methyl sites for hydroxylation is 1. The smallest absolute Gasteiger partial charge is 0.103 e. The molecule has 0 saturated heterocycles. The molecular weight excluding hydrogens is 272 g/mol. The van der Waals surface area contributed by atoms with Crippen molar-refractivity contribution in [3.8, 4) is 0 Å². The summed E-state index contributed by atoms with van der Waals surface area (Å²) in [7, 11) is 0. The Morgan fingerprint density at radius 2 is 2.11 bits per heavy atom. The standard InChI is InChI=1S/C15H26N2S2/c1-5-6-12-13(9-16-11-7-8-11)19-14(17-12)10-18-15(2,3)4/h11,16H,5-10H2,1-4H3. The topological polar surface area (TPSA) is 24.9 Å². The molecule has 1 saturated carbocycles. The van der Waals surface area contributed by atoms with Gasteiger partial charge in [-0.2, -0.15) is 0 Å². The molecule has 0 amide bonds. The van der Waals surface area contributed by atoms with Crippen molar-refractivity contribution in [2.24, 2.45) is 0 Å². The zero-order valence-electron chi connectivity index (χ0n) is 12.6. The van der Waals surface area contributed by atoms with Crippen LogP contribution in [0.5, 0.6) is 0 Å². The van der Waals surface area contributed by atoms with Crippen molar-refractivity contribution < 1.29 is 0 Å². The van der Waals surface area contributed by atoms with Crippen molar-refractivity contribution in [3.05, 3.63) is 15.6 Å².